The van der Waals surface area contributed by atoms with Crippen LogP contribution in [0.5, 0.6) is 0 Å². The highest BCUT2D eigenvalue weighted by Gasteiger charge is 1.81. The lowest BCUT2D eigenvalue weighted by molar-refractivity contribution is 0.196. The van der Waals surface area contributed by atoms with E-state index in [1.807, 2.05) is 0 Å². The summed E-state index contributed by atoms with van der Waals surface area (Å²) < 4.78 is 4.94. The molecule has 0 saturated carbocycles. The summed E-state index contributed by atoms with van der Waals surface area (Å²) >= 11 is 0. The van der Waals surface area contributed by atoms with Crippen molar-refractivity contribution in [3.63, 3.8) is 0 Å². The van der Waals surface area contributed by atoms with Gasteiger partial charge in [0, 0.05) is 13.7 Å². The van der Waals surface area contributed by atoms with Gasteiger partial charge in [-0.3, -0.25) is 0 Å². The lowest BCUT2D eigenvalue weighted by Crippen LogP contribution is -1.85. The first-order chi connectivity index (χ1) is 5.41. The van der Waals surface area contributed by atoms with Crippen molar-refractivity contribution in [1.82, 2.24) is 0 Å². The molecule has 0 saturated heterocycles. The summed E-state index contributed by atoms with van der Waals surface area (Å²) in [4.78, 5) is 0. The smallest absolute Gasteiger partial charge is 0.0465 e. The van der Waals surface area contributed by atoms with Crippen LogP contribution in [0.4, 0.5) is 0 Å². The standard InChI is InChI=1S/C10H20O/c1-3-4-5-6-7-8-9-10-11-2/h6-7H,3-5,8-10H2,1-2H3/b7-6-. The summed E-state index contributed by atoms with van der Waals surface area (Å²) in [6.07, 6.45) is 10.7. The Hall–Kier alpha value is -0.300. The van der Waals surface area contributed by atoms with Gasteiger partial charge < -0.3 is 4.74 Å². The summed E-state index contributed by atoms with van der Waals surface area (Å²) in [5, 5.41) is 0. The summed E-state index contributed by atoms with van der Waals surface area (Å²) in [5.74, 6) is 0. The predicted molar refractivity (Wildman–Crippen MR) is 49.8 cm³/mol. The predicted octanol–water partition coefficient (Wildman–Crippen LogP) is 3.16. The van der Waals surface area contributed by atoms with Crippen LogP contribution in [-0.4, -0.2) is 13.7 Å². The Labute approximate surface area is 70.4 Å². The minimum atomic E-state index is 0.887. The van der Waals surface area contributed by atoms with Gasteiger partial charge in [-0.25, -0.2) is 0 Å². The average molecular weight is 156 g/mol. The molecule has 0 aromatic rings. The summed E-state index contributed by atoms with van der Waals surface area (Å²) in [6, 6.07) is 0. The number of unbranched alkanes of at least 4 members (excludes halogenated alkanes) is 3. The highest BCUT2D eigenvalue weighted by Crippen LogP contribution is 1.97. The number of hydrogen-bond donors (Lipinski definition) is 0. The minimum absolute atomic E-state index is 0.887. The van der Waals surface area contributed by atoms with Crippen LogP contribution < -0.4 is 0 Å². The molecule has 0 aromatic heterocycles. The van der Waals surface area contributed by atoms with Gasteiger partial charge >= 0.3 is 0 Å². The van der Waals surface area contributed by atoms with Crippen LogP contribution >= 0.6 is 0 Å². The molecule has 0 N–H and O–H groups in total. The number of hydrogen-bond acceptors (Lipinski definition) is 1. The summed E-state index contributed by atoms with van der Waals surface area (Å²) in [7, 11) is 1.75. The van der Waals surface area contributed by atoms with Crippen LogP contribution in [0, 0.1) is 0 Å². The van der Waals surface area contributed by atoms with Gasteiger partial charge in [-0.05, 0) is 19.3 Å². The highest BCUT2D eigenvalue weighted by atomic mass is 16.5. The van der Waals surface area contributed by atoms with Crippen LogP contribution in [-0.2, 0) is 4.74 Å². The zero-order valence-electron chi connectivity index (χ0n) is 7.81. The van der Waals surface area contributed by atoms with Crippen LogP contribution in [0.2, 0.25) is 0 Å². The topological polar surface area (TPSA) is 9.23 Å². The molecule has 1 nitrogen and oxygen atoms in total. The van der Waals surface area contributed by atoms with Gasteiger partial charge in [0.05, 0.1) is 0 Å². The fraction of sp³-hybridized carbons (Fsp3) is 0.800. The molecule has 1 heteroatoms. The highest BCUT2D eigenvalue weighted by molar-refractivity contribution is 4.80. The molecule has 0 aliphatic carbocycles. The quantitative estimate of drug-likeness (QED) is 0.406. The van der Waals surface area contributed by atoms with Gasteiger partial charge in [0.25, 0.3) is 0 Å². The van der Waals surface area contributed by atoms with Crippen LogP contribution in [0.25, 0.3) is 0 Å². The maximum Gasteiger partial charge on any atom is 0.0465 e. The van der Waals surface area contributed by atoms with Gasteiger partial charge in [-0.1, -0.05) is 31.9 Å². The molecule has 0 amide bonds. The van der Waals surface area contributed by atoms with Gasteiger partial charge in [0.15, 0.2) is 0 Å². The minimum Gasteiger partial charge on any atom is -0.385 e. The van der Waals surface area contributed by atoms with E-state index >= 15 is 0 Å². The molecule has 0 aliphatic heterocycles. The van der Waals surface area contributed by atoms with Crippen LogP contribution in [0.15, 0.2) is 12.2 Å². The molecule has 0 rings (SSSR count). The molecule has 11 heavy (non-hydrogen) atoms. The molecule has 0 radical (unpaired) electrons. The second-order valence-corrected chi connectivity index (χ2v) is 2.75. The van der Waals surface area contributed by atoms with E-state index in [4.69, 9.17) is 4.74 Å². The lowest BCUT2D eigenvalue weighted by Gasteiger charge is -1.93. The monoisotopic (exact) mass is 156 g/mol. The lowest BCUT2D eigenvalue weighted by atomic mass is 10.2. The van der Waals surface area contributed by atoms with Crippen LogP contribution in [0.1, 0.15) is 39.0 Å². The molecule has 0 aromatic carbocycles. The first kappa shape index (κ1) is 10.7. The molecule has 0 aliphatic rings. The maximum atomic E-state index is 4.94. The van der Waals surface area contributed by atoms with E-state index in [0.29, 0.717) is 0 Å². The second kappa shape index (κ2) is 9.70. The Kier molecular flexibility index (Phi) is 9.44. The summed E-state index contributed by atoms with van der Waals surface area (Å²) in [6.45, 7) is 3.11. The average Bonchev–Trinajstić information content (AvgIpc) is 2.03. The van der Waals surface area contributed by atoms with E-state index in [1.165, 1.54) is 19.3 Å². The molecule has 0 unspecified atom stereocenters. The van der Waals surface area contributed by atoms with Crippen LogP contribution in [0.3, 0.4) is 0 Å². The van der Waals surface area contributed by atoms with Crippen molar-refractivity contribution in [3.05, 3.63) is 12.2 Å². The molecule has 0 heterocycles. The fourth-order valence-electron chi connectivity index (χ4n) is 0.903. The van der Waals surface area contributed by atoms with Crippen molar-refractivity contribution in [2.45, 2.75) is 39.0 Å². The number of ether oxygens (including phenoxy) is 1. The van der Waals surface area contributed by atoms with Crippen molar-refractivity contribution in [3.8, 4) is 0 Å². The molecule has 0 bridgehead atoms. The van der Waals surface area contributed by atoms with E-state index in [-0.39, 0.29) is 0 Å². The molecule has 66 valence electrons. The van der Waals surface area contributed by atoms with Gasteiger partial charge in [0.2, 0.25) is 0 Å². The number of allylic oxidation sites excluding steroid dienone is 2. The Morgan fingerprint density at radius 2 is 1.73 bits per heavy atom. The zero-order valence-corrected chi connectivity index (χ0v) is 7.81. The van der Waals surface area contributed by atoms with E-state index in [0.717, 1.165) is 19.4 Å². The zero-order chi connectivity index (χ0) is 8.36. The number of methoxy groups -OCH3 is 1. The molecule has 0 atom stereocenters. The van der Waals surface area contributed by atoms with Crippen molar-refractivity contribution in [2.24, 2.45) is 0 Å². The Balaban J connectivity index is 2.91. The van der Waals surface area contributed by atoms with Crippen molar-refractivity contribution in [2.75, 3.05) is 13.7 Å². The Morgan fingerprint density at radius 1 is 1.09 bits per heavy atom. The van der Waals surface area contributed by atoms with Gasteiger partial charge in [-0.2, -0.15) is 0 Å². The number of rotatable bonds is 7. The SMILES string of the molecule is CCCC/C=C\CCCOC. The Morgan fingerprint density at radius 3 is 2.27 bits per heavy atom. The summed E-state index contributed by atoms with van der Waals surface area (Å²) in [5.41, 5.74) is 0. The first-order valence-electron chi connectivity index (χ1n) is 4.55. The van der Waals surface area contributed by atoms with Gasteiger partial charge in [0.1, 0.15) is 0 Å². The molecular weight excluding hydrogens is 136 g/mol. The normalized spacial score (nSPS) is 11.1. The molecule has 0 spiro atoms. The van der Waals surface area contributed by atoms with Gasteiger partial charge in [-0.15, -0.1) is 0 Å². The first-order valence-corrected chi connectivity index (χ1v) is 4.55. The van der Waals surface area contributed by atoms with Crippen molar-refractivity contribution in [1.29, 1.82) is 0 Å². The fourth-order valence-corrected chi connectivity index (χ4v) is 0.903. The van der Waals surface area contributed by atoms with E-state index < -0.39 is 0 Å². The van der Waals surface area contributed by atoms with Crippen molar-refractivity contribution >= 4 is 0 Å². The maximum absolute atomic E-state index is 4.94. The molecule has 0 fully saturated rings. The third kappa shape index (κ3) is 9.70. The van der Waals surface area contributed by atoms with Crippen molar-refractivity contribution < 1.29 is 4.74 Å². The van der Waals surface area contributed by atoms with E-state index in [9.17, 15) is 0 Å². The molecular formula is C10H20O. The largest absolute Gasteiger partial charge is 0.385 e. The Bertz CT molecular complexity index is 86.9. The third-order valence-electron chi connectivity index (χ3n) is 1.61. The third-order valence-corrected chi connectivity index (χ3v) is 1.61. The van der Waals surface area contributed by atoms with E-state index in [2.05, 4.69) is 19.1 Å². The second-order valence-electron chi connectivity index (χ2n) is 2.75. The van der Waals surface area contributed by atoms with E-state index in [1.54, 1.807) is 7.11 Å².